The van der Waals surface area contributed by atoms with Gasteiger partial charge in [-0.05, 0) is 47.4 Å². The van der Waals surface area contributed by atoms with Crippen molar-refractivity contribution in [2.75, 3.05) is 6.54 Å². The third-order valence-electron chi connectivity index (χ3n) is 5.22. The highest BCUT2D eigenvalue weighted by molar-refractivity contribution is 6.30. The lowest BCUT2D eigenvalue weighted by atomic mass is 9.90. The Morgan fingerprint density at radius 3 is 2.67 bits per heavy atom. The SMILES string of the molecule is Clc1ccc([C@@H]2c3c(ccc4ccccc34)O[C@H]3CCCN23)cc1. The molecule has 0 amide bonds. The Morgan fingerprint density at radius 1 is 0.958 bits per heavy atom. The van der Waals surface area contributed by atoms with E-state index in [9.17, 15) is 0 Å². The normalized spacial score (nSPS) is 22.9. The van der Waals surface area contributed by atoms with Crippen molar-refractivity contribution in [1.29, 1.82) is 0 Å². The summed E-state index contributed by atoms with van der Waals surface area (Å²) >= 11 is 6.12. The minimum Gasteiger partial charge on any atom is -0.475 e. The summed E-state index contributed by atoms with van der Waals surface area (Å²) in [6.45, 7) is 1.07. The molecule has 120 valence electrons. The molecule has 1 saturated heterocycles. The summed E-state index contributed by atoms with van der Waals surface area (Å²) in [6.07, 6.45) is 2.45. The van der Waals surface area contributed by atoms with Crippen LogP contribution in [-0.4, -0.2) is 17.7 Å². The molecule has 0 unspecified atom stereocenters. The Bertz CT molecular complexity index is 905. The molecule has 3 aromatic carbocycles. The fourth-order valence-corrected chi connectivity index (χ4v) is 4.28. The van der Waals surface area contributed by atoms with Crippen molar-refractivity contribution in [3.8, 4) is 5.75 Å². The van der Waals surface area contributed by atoms with Crippen LogP contribution in [0, 0.1) is 0 Å². The van der Waals surface area contributed by atoms with Crippen LogP contribution in [0.2, 0.25) is 5.02 Å². The van der Waals surface area contributed by atoms with Gasteiger partial charge in [0.2, 0.25) is 0 Å². The predicted octanol–water partition coefficient (Wildman–Crippen LogP) is 5.40. The zero-order valence-corrected chi connectivity index (χ0v) is 14.0. The molecule has 3 aromatic rings. The number of rotatable bonds is 1. The lowest BCUT2D eigenvalue weighted by Gasteiger charge is -2.40. The van der Waals surface area contributed by atoms with Gasteiger partial charge in [0.1, 0.15) is 5.75 Å². The molecule has 1 fully saturated rings. The molecule has 0 aliphatic carbocycles. The van der Waals surface area contributed by atoms with Gasteiger partial charge in [0.25, 0.3) is 0 Å². The van der Waals surface area contributed by atoms with Crippen molar-refractivity contribution < 1.29 is 4.74 Å². The van der Waals surface area contributed by atoms with Crippen LogP contribution in [0.3, 0.4) is 0 Å². The van der Waals surface area contributed by atoms with Crippen molar-refractivity contribution in [3.05, 3.63) is 76.8 Å². The van der Waals surface area contributed by atoms with E-state index in [1.165, 1.54) is 28.3 Å². The van der Waals surface area contributed by atoms with E-state index in [1.54, 1.807) is 0 Å². The van der Waals surface area contributed by atoms with Crippen LogP contribution in [0.1, 0.15) is 30.0 Å². The average molecular weight is 336 g/mol. The van der Waals surface area contributed by atoms with Gasteiger partial charge in [-0.2, -0.15) is 0 Å². The first-order chi connectivity index (χ1) is 11.8. The van der Waals surface area contributed by atoms with Gasteiger partial charge < -0.3 is 4.74 Å². The molecule has 2 nitrogen and oxygen atoms in total. The molecule has 24 heavy (non-hydrogen) atoms. The second kappa shape index (κ2) is 5.51. The summed E-state index contributed by atoms with van der Waals surface area (Å²) in [5, 5.41) is 3.32. The van der Waals surface area contributed by atoms with Crippen molar-refractivity contribution in [2.24, 2.45) is 0 Å². The third kappa shape index (κ3) is 2.14. The maximum absolute atomic E-state index is 6.34. The van der Waals surface area contributed by atoms with Gasteiger partial charge >= 0.3 is 0 Å². The average Bonchev–Trinajstić information content (AvgIpc) is 3.08. The van der Waals surface area contributed by atoms with Crippen LogP contribution < -0.4 is 4.74 Å². The zero-order valence-electron chi connectivity index (χ0n) is 13.3. The molecule has 0 saturated carbocycles. The van der Waals surface area contributed by atoms with Gasteiger partial charge in [-0.3, -0.25) is 4.90 Å². The van der Waals surface area contributed by atoms with Crippen molar-refractivity contribution in [3.63, 3.8) is 0 Å². The Hall–Kier alpha value is -2.03. The fourth-order valence-electron chi connectivity index (χ4n) is 4.16. The van der Waals surface area contributed by atoms with Crippen LogP contribution in [0.25, 0.3) is 10.8 Å². The van der Waals surface area contributed by atoms with E-state index in [0.717, 1.165) is 23.7 Å². The molecule has 3 heteroatoms. The highest BCUT2D eigenvalue weighted by atomic mass is 35.5. The highest BCUT2D eigenvalue weighted by Crippen LogP contribution is 2.46. The standard InChI is InChI=1S/C21H18ClNO/c22-16-10-7-15(8-11-16)21-20-17-5-2-1-4-14(17)9-12-18(20)24-19-6-3-13-23(19)21/h1-2,4-5,7-12,19,21H,3,6,13H2/t19-,21+/m0/s1. The second-order valence-electron chi connectivity index (χ2n) is 6.61. The number of halogens is 1. The number of nitrogens with zero attached hydrogens (tertiary/aromatic N) is 1. The van der Waals surface area contributed by atoms with Gasteiger partial charge in [0.05, 0.1) is 6.04 Å². The molecular weight excluding hydrogens is 318 g/mol. The Kier molecular flexibility index (Phi) is 3.29. The number of fused-ring (bicyclic) bond motifs is 4. The van der Waals surface area contributed by atoms with Gasteiger partial charge in [-0.1, -0.05) is 54.1 Å². The minimum absolute atomic E-state index is 0.180. The molecule has 0 aromatic heterocycles. The molecule has 2 heterocycles. The predicted molar refractivity (Wildman–Crippen MR) is 97.6 cm³/mol. The fraction of sp³-hybridized carbons (Fsp3) is 0.238. The monoisotopic (exact) mass is 335 g/mol. The largest absolute Gasteiger partial charge is 0.475 e. The van der Waals surface area contributed by atoms with Crippen LogP contribution in [-0.2, 0) is 0 Å². The quantitative estimate of drug-likeness (QED) is 0.590. The van der Waals surface area contributed by atoms with E-state index in [-0.39, 0.29) is 12.3 Å². The minimum atomic E-state index is 0.180. The summed E-state index contributed by atoms with van der Waals surface area (Å²) < 4.78 is 6.34. The van der Waals surface area contributed by atoms with Crippen molar-refractivity contribution in [1.82, 2.24) is 4.90 Å². The molecule has 0 bridgehead atoms. The van der Waals surface area contributed by atoms with E-state index in [2.05, 4.69) is 53.4 Å². The summed E-state index contributed by atoms with van der Waals surface area (Å²) in [5.41, 5.74) is 2.57. The maximum Gasteiger partial charge on any atom is 0.153 e. The third-order valence-corrected chi connectivity index (χ3v) is 5.47. The molecule has 2 atom stereocenters. The van der Waals surface area contributed by atoms with Gasteiger partial charge in [-0.15, -0.1) is 0 Å². The summed E-state index contributed by atoms with van der Waals surface area (Å²) in [4.78, 5) is 2.50. The Balaban J connectivity index is 1.77. The molecule has 0 spiro atoms. The van der Waals surface area contributed by atoms with Crippen molar-refractivity contribution in [2.45, 2.75) is 25.1 Å². The zero-order chi connectivity index (χ0) is 16.1. The number of benzene rings is 3. The van der Waals surface area contributed by atoms with Crippen LogP contribution in [0.5, 0.6) is 5.75 Å². The van der Waals surface area contributed by atoms with E-state index >= 15 is 0 Å². The van der Waals surface area contributed by atoms with Crippen LogP contribution >= 0.6 is 11.6 Å². The molecule has 2 aliphatic heterocycles. The first-order valence-corrected chi connectivity index (χ1v) is 8.88. The molecule has 2 aliphatic rings. The summed E-state index contributed by atoms with van der Waals surface area (Å²) in [5.74, 6) is 1.02. The van der Waals surface area contributed by atoms with E-state index in [1.807, 2.05) is 12.1 Å². The summed E-state index contributed by atoms with van der Waals surface area (Å²) in [7, 11) is 0. The summed E-state index contributed by atoms with van der Waals surface area (Å²) in [6, 6.07) is 21.4. The van der Waals surface area contributed by atoms with E-state index in [0.29, 0.717) is 0 Å². The molecule has 0 radical (unpaired) electrons. The molecule has 0 N–H and O–H groups in total. The molecular formula is C21H18ClNO. The lowest BCUT2D eigenvalue weighted by molar-refractivity contribution is 0.0176. The second-order valence-corrected chi connectivity index (χ2v) is 7.04. The first kappa shape index (κ1) is 14.3. The topological polar surface area (TPSA) is 12.5 Å². The number of hydrogen-bond donors (Lipinski definition) is 0. The Labute approximate surface area is 146 Å². The van der Waals surface area contributed by atoms with Crippen LogP contribution in [0.15, 0.2) is 60.7 Å². The lowest BCUT2D eigenvalue weighted by Crippen LogP contribution is -2.41. The van der Waals surface area contributed by atoms with Crippen LogP contribution in [0.4, 0.5) is 0 Å². The Morgan fingerprint density at radius 2 is 1.79 bits per heavy atom. The van der Waals surface area contributed by atoms with Gasteiger partial charge in [-0.25, -0.2) is 0 Å². The number of hydrogen-bond acceptors (Lipinski definition) is 2. The number of ether oxygens (including phenoxy) is 1. The van der Waals surface area contributed by atoms with Crippen molar-refractivity contribution >= 4 is 22.4 Å². The first-order valence-electron chi connectivity index (χ1n) is 8.51. The van der Waals surface area contributed by atoms with Gasteiger partial charge in [0.15, 0.2) is 6.23 Å². The van der Waals surface area contributed by atoms with Gasteiger partial charge in [0, 0.05) is 17.1 Å². The maximum atomic E-state index is 6.34. The van der Waals surface area contributed by atoms with E-state index < -0.39 is 0 Å². The smallest absolute Gasteiger partial charge is 0.153 e. The van der Waals surface area contributed by atoms with E-state index in [4.69, 9.17) is 16.3 Å². The highest BCUT2D eigenvalue weighted by Gasteiger charge is 2.40. The molecule has 5 rings (SSSR count).